The molecule has 31 heavy (non-hydrogen) atoms. The zero-order chi connectivity index (χ0) is 21.6. The van der Waals surface area contributed by atoms with E-state index in [0.717, 1.165) is 35.7 Å². The normalized spacial score (nSPS) is 14.7. The number of carbonyl (C=O) groups is 1. The molecule has 1 aliphatic rings. The van der Waals surface area contributed by atoms with E-state index >= 15 is 0 Å². The smallest absolute Gasteiger partial charge is 0.246 e. The van der Waals surface area contributed by atoms with E-state index in [1.54, 1.807) is 6.20 Å². The van der Waals surface area contributed by atoms with E-state index in [9.17, 15) is 4.79 Å². The van der Waals surface area contributed by atoms with Crippen molar-refractivity contribution < 1.29 is 4.79 Å². The summed E-state index contributed by atoms with van der Waals surface area (Å²) in [6, 6.07) is 17.4. The third kappa shape index (κ3) is 5.40. The van der Waals surface area contributed by atoms with Crippen LogP contribution in [0.15, 0.2) is 60.8 Å². The largest absolute Gasteiger partial charge is 0.374 e. The molecule has 6 heteroatoms. The Kier molecular flexibility index (Phi) is 6.46. The molecule has 0 bridgehead atoms. The van der Waals surface area contributed by atoms with E-state index < -0.39 is 0 Å². The van der Waals surface area contributed by atoms with Crippen molar-refractivity contribution in [3.63, 3.8) is 0 Å². The molecule has 1 saturated heterocycles. The van der Waals surface area contributed by atoms with Crippen LogP contribution in [0.3, 0.4) is 0 Å². The van der Waals surface area contributed by atoms with Crippen LogP contribution in [-0.2, 0) is 4.79 Å². The Balaban J connectivity index is 1.33. The number of carbonyl (C=O) groups excluding carboxylic acids is 1. The Hall–Kier alpha value is -3.41. The van der Waals surface area contributed by atoms with Crippen LogP contribution in [0.2, 0.25) is 0 Å². The first-order valence-corrected chi connectivity index (χ1v) is 10.9. The summed E-state index contributed by atoms with van der Waals surface area (Å²) in [5.74, 6) is 0.627. The molecule has 0 aliphatic carbocycles. The number of aromatic nitrogens is 2. The Bertz CT molecular complexity index is 1010. The number of aryl methyl sites for hydroxylation is 1. The summed E-state index contributed by atoms with van der Waals surface area (Å²) >= 11 is 0. The molecule has 1 unspecified atom stereocenters. The fourth-order valence-electron chi connectivity index (χ4n) is 3.78. The number of nitrogens with zero attached hydrogens (tertiary/aromatic N) is 3. The van der Waals surface area contributed by atoms with Crippen molar-refractivity contribution in [3.8, 4) is 11.4 Å². The molecule has 1 fully saturated rings. The Labute approximate surface area is 183 Å². The molecule has 2 aromatic carbocycles. The third-order valence-corrected chi connectivity index (χ3v) is 5.57. The quantitative estimate of drug-likeness (QED) is 0.600. The predicted molar refractivity (Wildman–Crippen MR) is 126 cm³/mol. The minimum absolute atomic E-state index is 0.0724. The van der Waals surface area contributed by atoms with Crippen LogP contribution in [0.5, 0.6) is 0 Å². The van der Waals surface area contributed by atoms with Crippen molar-refractivity contribution in [2.24, 2.45) is 0 Å². The first kappa shape index (κ1) is 20.8. The minimum atomic E-state index is -0.372. The molecule has 6 nitrogen and oxygen atoms in total. The lowest BCUT2D eigenvalue weighted by Crippen LogP contribution is -2.32. The number of amides is 1. The number of hydrogen-bond acceptors (Lipinski definition) is 5. The first-order valence-electron chi connectivity index (χ1n) is 10.9. The van der Waals surface area contributed by atoms with Crippen LogP contribution in [-0.4, -0.2) is 35.0 Å². The maximum absolute atomic E-state index is 12.6. The number of hydrogen-bond donors (Lipinski definition) is 2. The Morgan fingerprint density at radius 1 is 0.935 bits per heavy atom. The van der Waals surface area contributed by atoms with E-state index in [1.807, 2.05) is 56.3 Å². The molecule has 160 valence electrons. The lowest BCUT2D eigenvalue weighted by atomic mass is 10.1. The summed E-state index contributed by atoms with van der Waals surface area (Å²) in [5, 5.41) is 6.25. The van der Waals surface area contributed by atoms with Gasteiger partial charge in [-0.15, -0.1) is 0 Å². The van der Waals surface area contributed by atoms with Crippen molar-refractivity contribution >= 4 is 23.0 Å². The molecule has 0 radical (unpaired) electrons. The lowest BCUT2D eigenvalue weighted by molar-refractivity contribution is -0.116. The van der Waals surface area contributed by atoms with E-state index in [2.05, 4.69) is 37.6 Å². The summed E-state index contributed by atoms with van der Waals surface area (Å²) < 4.78 is 0. The summed E-state index contributed by atoms with van der Waals surface area (Å²) in [4.78, 5) is 23.8. The van der Waals surface area contributed by atoms with E-state index in [-0.39, 0.29) is 11.9 Å². The van der Waals surface area contributed by atoms with Crippen LogP contribution in [0.25, 0.3) is 11.4 Å². The van der Waals surface area contributed by atoms with Gasteiger partial charge >= 0.3 is 0 Å². The van der Waals surface area contributed by atoms with Crippen molar-refractivity contribution in [1.29, 1.82) is 0 Å². The van der Waals surface area contributed by atoms with Gasteiger partial charge < -0.3 is 15.5 Å². The van der Waals surface area contributed by atoms with Crippen LogP contribution in [0, 0.1) is 6.92 Å². The highest BCUT2D eigenvalue weighted by Gasteiger charge is 2.14. The SMILES string of the molecule is Cc1ccnc(-c2ccc(NC(C)C(=O)Nc3ccc(N4CCCCC4)cc3)cc2)n1. The summed E-state index contributed by atoms with van der Waals surface area (Å²) in [6.45, 7) is 6.03. The number of piperidine rings is 1. The van der Waals surface area contributed by atoms with Gasteiger partial charge in [0.2, 0.25) is 5.91 Å². The number of rotatable bonds is 6. The second-order valence-corrected chi connectivity index (χ2v) is 8.05. The maximum Gasteiger partial charge on any atom is 0.246 e. The standard InChI is InChI=1S/C25H29N5O/c1-18-14-15-26-24(27-18)20-6-8-21(9-7-20)28-19(2)25(31)29-22-10-12-23(13-11-22)30-16-4-3-5-17-30/h6-15,19,28H,3-5,16-17H2,1-2H3,(H,29,31). The number of nitrogens with one attached hydrogen (secondary N) is 2. The van der Waals surface area contributed by atoms with Gasteiger partial charge in [0.1, 0.15) is 6.04 Å². The highest BCUT2D eigenvalue weighted by molar-refractivity contribution is 5.96. The highest BCUT2D eigenvalue weighted by Crippen LogP contribution is 2.22. The van der Waals surface area contributed by atoms with Gasteiger partial charge in [0.25, 0.3) is 0 Å². The zero-order valence-electron chi connectivity index (χ0n) is 18.1. The molecule has 0 spiro atoms. The average molecular weight is 416 g/mol. The summed E-state index contributed by atoms with van der Waals surface area (Å²) in [6.07, 6.45) is 5.58. The monoisotopic (exact) mass is 415 g/mol. The van der Waals surface area contributed by atoms with E-state index in [4.69, 9.17) is 0 Å². The number of benzene rings is 2. The fourth-order valence-corrected chi connectivity index (χ4v) is 3.78. The predicted octanol–water partition coefficient (Wildman–Crippen LogP) is 4.88. The van der Waals surface area contributed by atoms with Crippen molar-refractivity contribution in [2.45, 2.75) is 39.2 Å². The lowest BCUT2D eigenvalue weighted by Gasteiger charge is -2.28. The second-order valence-electron chi connectivity index (χ2n) is 8.05. The molecule has 2 heterocycles. The van der Waals surface area contributed by atoms with Gasteiger partial charge in [0, 0.05) is 47.6 Å². The van der Waals surface area contributed by atoms with Crippen LogP contribution >= 0.6 is 0 Å². The second kappa shape index (κ2) is 9.60. The molecule has 1 aromatic heterocycles. The summed E-state index contributed by atoms with van der Waals surface area (Å²) in [5.41, 5.74) is 4.79. The van der Waals surface area contributed by atoms with Crippen LogP contribution in [0.4, 0.5) is 17.1 Å². The van der Waals surface area contributed by atoms with Crippen molar-refractivity contribution in [1.82, 2.24) is 9.97 Å². The molecule has 4 rings (SSSR count). The molecule has 1 amide bonds. The molecular formula is C25H29N5O. The fraction of sp³-hybridized carbons (Fsp3) is 0.320. The van der Waals surface area contributed by atoms with Crippen molar-refractivity contribution in [3.05, 3.63) is 66.5 Å². The van der Waals surface area contributed by atoms with Gasteiger partial charge in [-0.2, -0.15) is 0 Å². The first-order chi connectivity index (χ1) is 15.1. The molecule has 0 saturated carbocycles. The minimum Gasteiger partial charge on any atom is -0.374 e. The number of anilines is 3. The molecule has 3 aromatic rings. The van der Waals surface area contributed by atoms with Crippen LogP contribution < -0.4 is 15.5 Å². The highest BCUT2D eigenvalue weighted by atomic mass is 16.2. The average Bonchev–Trinajstić information content (AvgIpc) is 2.80. The van der Waals surface area contributed by atoms with Crippen LogP contribution in [0.1, 0.15) is 31.9 Å². The molecular weight excluding hydrogens is 386 g/mol. The topological polar surface area (TPSA) is 70.2 Å². The van der Waals surface area contributed by atoms with Gasteiger partial charge in [-0.1, -0.05) is 0 Å². The maximum atomic E-state index is 12.6. The molecule has 1 aliphatic heterocycles. The molecule has 2 N–H and O–H groups in total. The van der Waals surface area contributed by atoms with Crippen molar-refractivity contribution in [2.75, 3.05) is 28.6 Å². The van der Waals surface area contributed by atoms with Gasteiger partial charge in [-0.05, 0) is 87.7 Å². The summed E-state index contributed by atoms with van der Waals surface area (Å²) in [7, 11) is 0. The molecule has 1 atom stereocenters. The van der Waals surface area contributed by atoms with Gasteiger partial charge in [-0.25, -0.2) is 9.97 Å². The third-order valence-electron chi connectivity index (χ3n) is 5.57. The van der Waals surface area contributed by atoms with Gasteiger partial charge in [0.05, 0.1) is 0 Å². The van der Waals surface area contributed by atoms with E-state index in [1.165, 1.54) is 24.9 Å². The van der Waals surface area contributed by atoms with Gasteiger partial charge in [-0.3, -0.25) is 4.79 Å². The van der Waals surface area contributed by atoms with E-state index in [0.29, 0.717) is 5.82 Å². The van der Waals surface area contributed by atoms with Gasteiger partial charge in [0.15, 0.2) is 5.82 Å². The Morgan fingerprint density at radius 2 is 1.61 bits per heavy atom. The zero-order valence-corrected chi connectivity index (χ0v) is 18.1. The Morgan fingerprint density at radius 3 is 2.29 bits per heavy atom.